The summed E-state index contributed by atoms with van der Waals surface area (Å²) < 4.78 is 5.83. The van der Waals surface area contributed by atoms with Gasteiger partial charge in [0, 0.05) is 16.3 Å². The van der Waals surface area contributed by atoms with E-state index >= 15 is 0 Å². The van der Waals surface area contributed by atoms with Gasteiger partial charge in [0.2, 0.25) is 0 Å². The van der Waals surface area contributed by atoms with Gasteiger partial charge in [-0.25, -0.2) is 0 Å². The minimum Gasteiger partial charge on any atom is -0.496 e. The molecule has 1 aromatic heterocycles. The average Bonchev–Trinajstić information content (AvgIpc) is 3.17. The van der Waals surface area contributed by atoms with E-state index in [2.05, 4.69) is 77.8 Å². The first-order valence-corrected chi connectivity index (χ1v) is 10.6. The van der Waals surface area contributed by atoms with E-state index in [1.165, 1.54) is 38.0 Å². The third-order valence-corrected chi connectivity index (χ3v) is 6.02. The molecule has 1 heterocycles. The van der Waals surface area contributed by atoms with Crippen LogP contribution in [0.1, 0.15) is 18.4 Å². The molecule has 0 fully saturated rings. The molecule has 3 heteroatoms. The van der Waals surface area contributed by atoms with Gasteiger partial charge in [-0.15, -0.1) is 0 Å². The zero-order valence-electron chi connectivity index (χ0n) is 17.2. The summed E-state index contributed by atoms with van der Waals surface area (Å²) in [4.78, 5) is 3.78. The molecule has 0 aliphatic heterocycles. The van der Waals surface area contributed by atoms with E-state index in [9.17, 15) is 0 Å². The zero-order chi connectivity index (χ0) is 20.5. The summed E-state index contributed by atoms with van der Waals surface area (Å²) in [5.74, 6) is 0.893. The van der Waals surface area contributed by atoms with Crippen LogP contribution in [0, 0.1) is 0 Å². The van der Waals surface area contributed by atoms with Gasteiger partial charge >= 0.3 is 0 Å². The number of hydrogen-bond acceptors (Lipinski definition) is 2. The third kappa shape index (κ3) is 3.12. The van der Waals surface area contributed by atoms with Crippen molar-refractivity contribution < 1.29 is 4.74 Å². The van der Waals surface area contributed by atoms with Gasteiger partial charge < -0.3 is 15.5 Å². The minimum atomic E-state index is 0.722. The topological polar surface area (TPSA) is 51.0 Å². The number of H-pyrrole nitrogens is 1. The molecule has 0 amide bonds. The van der Waals surface area contributed by atoms with Gasteiger partial charge in [-0.3, -0.25) is 0 Å². The van der Waals surface area contributed by atoms with Crippen LogP contribution in [0.3, 0.4) is 0 Å². The Balaban J connectivity index is 1.80. The smallest absolute Gasteiger partial charge is 0.128 e. The molecule has 0 aliphatic carbocycles. The summed E-state index contributed by atoms with van der Waals surface area (Å²) in [7, 11) is 1.75. The summed E-state index contributed by atoms with van der Waals surface area (Å²) in [5, 5.41) is 6.18. The monoisotopic (exact) mass is 394 g/mol. The molecule has 0 saturated carbocycles. The number of aromatic nitrogens is 1. The fraction of sp³-hybridized carbons (Fsp3) is 0.185. The Labute approximate surface area is 176 Å². The van der Waals surface area contributed by atoms with Crippen LogP contribution in [0.25, 0.3) is 43.7 Å². The lowest BCUT2D eigenvalue weighted by molar-refractivity contribution is 0.417. The Morgan fingerprint density at radius 3 is 2.30 bits per heavy atom. The van der Waals surface area contributed by atoms with E-state index in [1.54, 1.807) is 7.11 Å². The molecule has 150 valence electrons. The predicted molar refractivity (Wildman–Crippen MR) is 127 cm³/mol. The number of rotatable bonds is 6. The molecular weight excluding hydrogens is 368 g/mol. The highest BCUT2D eigenvalue weighted by Gasteiger charge is 2.18. The molecule has 0 aliphatic rings. The van der Waals surface area contributed by atoms with Crippen LogP contribution in [-0.4, -0.2) is 18.6 Å². The maximum atomic E-state index is 5.83. The SMILES string of the molecule is COc1cc2ccccc2cc1-c1[nH]c2c(ccc3ccccc32)c1CCCCN. The van der Waals surface area contributed by atoms with Crippen LogP contribution >= 0.6 is 0 Å². The molecule has 5 rings (SSSR count). The Hall–Kier alpha value is -3.30. The molecular formula is C27H26N2O. The Morgan fingerprint density at radius 2 is 1.53 bits per heavy atom. The van der Waals surface area contributed by atoms with Crippen molar-refractivity contribution in [1.29, 1.82) is 0 Å². The third-order valence-electron chi connectivity index (χ3n) is 6.02. The lowest BCUT2D eigenvalue weighted by atomic mass is 9.97. The highest BCUT2D eigenvalue weighted by atomic mass is 16.5. The number of hydrogen-bond donors (Lipinski definition) is 2. The molecule has 0 bridgehead atoms. The maximum absolute atomic E-state index is 5.83. The lowest BCUT2D eigenvalue weighted by Gasteiger charge is -2.12. The quantitative estimate of drug-likeness (QED) is 0.326. The second-order valence-corrected chi connectivity index (χ2v) is 7.83. The van der Waals surface area contributed by atoms with E-state index in [-0.39, 0.29) is 0 Å². The molecule has 3 N–H and O–H groups in total. The fourth-order valence-corrected chi connectivity index (χ4v) is 4.51. The number of nitrogens with one attached hydrogen (secondary N) is 1. The van der Waals surface area contributed by atoms with Crippen molar-refractivity contribution in [3.8, 4) is 17.0 Å². The molecule has 0 radical (unpaired) electrons. The molecule has 30 heavy (non-hydrogen) atoms. The number of aromatic amines is 1. The maximum Gasteiger partial charge on any atom is 0.128 e. The molecule has 0 atom stereocenters. The van der Waals surface area contributed by atoms with E-state index in [0.29, 0.717) is 0 Å². The van der Waals surface area contributed by atoms with Gasteiger partial charge in [-0.2, -0.15) is 0 Å². The number of aryl methyl sites for hydroxylation is 1. The molecule has 0 spiro atoms. The predicted octanol–water partition coefficient (Wildman–Crippen LogP) is 6.43. The molecule has 3 nitrogen and oxygen atoms in total. The van der Waals surface area contributed by atoms with Gasteiger partial charge in [-0.1, -0.05) is 60.7 Å². The van der Waals surface area contributed by atoms with E-state index in [4.69, 9.17) is 10.5 Å². The van der Waals surface area contributed by atoms with Gasteiger partial charge in [0.1, 0.15) is 5.75 Å². The number of methoxy groups -OCH3 is 1. The lowest BCUT2D eigenvalue weighted by Crippen LogP contribution is -1.99. The summed E-state index contributed by atoms with van der Waals surface area (Å²) >= 11 is 0. The van der Waals surface area contributed by atoms with E-state index in [0.717, 1.165) is 42.8 Å². The second kappa shape index (κ2) is 7.85. The Morgan fingerprint density at radius 1 is 0.800 bits per heavy atom. The summed E-state index contributed by atoms with van der Waals surface area (Å²) in [5.41, 5.74) is 10.6. The van der Waals surface area contributed by atoms with Crippen molar-refractivity contribution in [1.82, 2.24) is 4.98 Å². The van der Waals surface area contributed by atoms with Gasteiger partial charge in [0.25, 0.3) is 0 Å². The highest BCUT2D eigenvalue weighted by Crippen LogP contribution is 2.40. The largest absolute Gasteiger partial charge is 0.496 e. The first kappa shape index (κ1) is 18.7. The van der Waals surface area contributed by atoms with Crippen LogP contribution in [0.4, 0.5) is 0 Å². The van der Waals surface area contributed by atoms with Crippen LogP contribution < -0.4 is 10.5 Å². The number of benzene rings is 4. The molecule has 0 unspecified atom stereocenters. The average molecular weight is 395 g/mol. The zero-order valence-corrected chi connectivity index (χ0v) is 17.2. The van der Waals surface area contributed by atoms with Crippen molar-refractivity contribution >= 4 is 32.4 Å². The van der Waals surface area contributed by atoms with E-state index in [1.807, 2.05) is 0 Å². The van der Waals surface area contributed by atoms with Crippen molar-refractivity contribution in [3.05, 3.63) is 78.4 Å². The number of nitrogens with two attached hydrogens (primary N) is 1. The standard InChI is InChI=1S/C27H26N2O/c1-30-25-17-20-10-3-2-9-19(20)16-24(25)27-22(12-6-7-15-28)23-14-13-18-8-4-5-11-21(18)26(23)29-27/h2-5,8-11,13-14,16-17,29H,6-7,12,15,28H2,1H3. The Bertz CT molecular complexity index is 1350. The number of fused-ring (bicyclic) bond motifs is 4. The van der Waals surface area contributed by atoms with Crippen LogP contribution in [-0.2, 0) is 6.42 Å². The summed E-state index contributed by atoms with van der Waals surface area (Å²) in [6.07, 6.45) is 3.08. The number of ether oxygens (including phenoxy) is 1. The van der Waals surface area contributed by atoms with Crippen molar-refractivity contribution in [3.63, 3.8) is 0 Å². The normalized spacial score (nSPS) is 11.5. The van der Waals surface area contributed by atoms with Crippen LogP contribution in [0.15, 0.2) is 72.8 Å². The van der Waals surface area contributed by atoms with Crippen molar-refractivity contribution in [2.45, 2.75) is 19.3 Å². The Kier molecular flexibility index (Phi) is 4.89. The van der Waals surface area contributed by atoms with E-state index < -0.39 is 0 Å². The van der Waals surface area contributed by atoms with Gasteiger partial charge in [0.05, 0.1) is 18.3 Å². The fourth-order valence-electron chi connectivity index (χ4n) is 4.51. The molecule has 5 aromatic rings. The molecule has 4 aromatic carbocycles. The minimum absolute atomic E-state index is 0.722. The molecule has 0 saturated heterocycles. The van der Waals surface area contributed by atoms with Gasteiger partial charge in [-0.05, 0) is 59.7 Å². The highest BCUT2D eigenvalue weighted by molar-refractivity contribution is 6.09. The van der Waals surface area contributed by atoms with Crippen molar-refractivity contribution in [2.75, 3.05) is 13.7 Å². The first-order chi connectivity index (χ1) is 14.8. The summed E-state index contributed by atoms with van der Waals surface area (Å²) in [6, 6.07) is 25.8. The van der Waals surface area contributed by atoms with Crippen molar-refractivity contribution in [2.24, 2.45) is 5.73 Å². The number of unbranched alkanes of at least 4 members (excludes halogenated alkanes) is 1. The first-order valence-electron chi connectivity index (χ1n) is 10.6. The van der Waals surface area contributed by atoms with Gasteiger partial charge in [0.15, 0.2) is 0 Å². The van der Waals surface area contributed by atoms with Crippen LogP contribution in [0.2, 0.25) is 0 Å². The van der Waals surface area contributed by atoms with Crippen LogP contribution in [0.5, 0.6) is 5.75 Å². The second-order valence-electron chi connectivity index (χ2n) is 7.83. The summed E-state index contributed by atoms with van der Waals surface area (Å²) in [6.45, 7) is 0.722.